The standard InChI is InChI=1S/C30H24O14/c31-21-15-39-23(33)17(21)7-3-1-5-9-19-25(35)41-29(42-26(19)36)11-13-30(14-12-29)43-27(37)20(28(38)44-30)10-6-2-4-8-18-22(32)16-40-24(18)34/h1-10,31,34H,11-16H2/b5-1+,6-2+,7-3+,8-4+,19-9?,20-10?. The van der Waals surface area contributed by atoms with Crippen LogP contribution in [0.2, 0.25) is 0 Å². The van der Waals surface area contributed by atoms with Crippen LogP contribution in [-0.2, 0) is 57.2 Å². The van der Waals surface area contributed by atoms with Crippen LogP contribution in [0.4, 0.5) is 0 Å². The van der Waals surface area contributed by atoms with E-state index in [9.17, 15) is 39.0 Å². The number of aliphatic hydroxyl groups is 2. The molecule has 0 atom stereocenters. The van der Waals surface area contributed by atoms with Crippen LogP contribution in [0.15, 0.2) is 94.8 Å². The number of ketones is 1. The van der Waals surface area contributed by atoms with Gasteiger partial charge in [0.2, 0.25) is 5.78 Å². The van der Waals surface area contributed by atoms with Crippen molar-refractivity contribution in [3.63, 3.8) is 0 Å². The fraction of sp³-hybridized carbons (Fsp3) is 0.267. The molecular formula is C30H24O14. The molecule has 4 aliphatic heterocycles. The van der Waals surface area contributed by atoms with Crippen LogP contribution in [0.5, 0.6) is 0 Å². The third-order valence-corrected chi connectivity index (χ3v) is 7.01. The van der Waals surface area contributed by atoms with Crippen molar-refractivity contribution in [2.75, 3.05) is 13.2 Å². The first-order valence-corrected chi connectivity index (χ1v) is 13.2. The van der Waals surface area contributed by atoms with Crippen molar-refractivity contribution in [3.8, 4) is 0 Å². The van der Waals surface area contributed by atoms with Crippen LogP contribution in [0.3, 0.4) is 0 Å². The second kappa shape index (κ2) is 11.9. The fourth-order valence-electron chi connectivity index (χ4n) is 4.68. The topological polar surface area (TPSA) is 198 Å². The number of ether oxygens (including phenoxy) is 6. The molecule has 0 aromatic heterocycles. The quantitative estimate of drug-likeness (QED) is 0.146. The van der Waals surface area contributed by atoms with Gasteiger partial charge in [-0.1, -0.05) is 36.5 Å². The molecule has 0 amide bonds. The number of cyclic esters (lactones) is 1. The van der Waals surface area contributed by atoms with Gasteiger partial charge in [-0.25, -0.2) is 24.0 Å². The molecule has 0 unspecified atom stereocenters. The summed E-state index contributed by atoms with van der Waals surface area (Å²) in [6.07, 6.45) is 12.8. The van der Waals surface area contributed by atoms with Crippen molar-refractivity contribution >= 4 is 35.6 Å². The summed E-state index contributed by atoms with van der Waals surface area (Å²) in [5.41, 5.74) is -0.776. The lowest BCUT2D eigenvalue weighted by Gasteiger charge is -2.45. The Kier molecular flexibility index (Phi) is 8.07. The molecule has 3 fully saturated rings. The molecule has 14 nitrogen and oxygen atoms in total. The van der Waals surface area contributed by atoms with E-state index in [0.29, 0.717) is 0 Å². The Hall–Kier alpha value is -5.66. The van der Waals surface area contributed by atoms with Gasteiger partial charge < -0.3 is 38.6 Å². The number of carbonyl (C=O) groups is 6. The summed E-state index contributed by atoms with van der Waals surface area (Å²) in [7, 11) is 0. The van der Waals surface area contributed by atoms with Crippen molar-refractivity contribution in [1.29, 1.82) is 0 Å². The second-order valence-corrected chi connectivity index (χ2v) is 9.90. The van der Waals surface area contributed by atoms with Gasteiger partial charge >= 0.3 is 29.8 Å². The van der Waals surface area contributed by atoms with Gasteiger partial charge in [0.1, 0.15) is 34.7 Å². The van der Waals surface area contributed by atoms with Crippen molar-refractivity contribution in [2.24, 2.45) is 0 Å². The Bertz CT molecular complexity index is 1420. The number of rotatable bonds is 6. The van der Waals surface area contributed by atoms with Gasteiger partial charge in [-0.3, -0.25) is 4.79 Å². The molecule has 2 N–H and O–H groups in total. The SMILES string of the molecule is O=C1COC(O)=C1/C=C/C=C/C=C1C(=O)OC2(CCC3(CC2)OC(=O)C(=C/C=C/C=C/C2=C(O)COC2=O)C(=O)O3)OC1=O. The second-order valence-electron chi connectivity index (χ2n) is 9.90. The van der Waals surface area contributed by atoms with E-state index in [1.54, 1.807) is 0 Å². The maximum absolute atomic E-state index is 12.6. The average Bonchev–Trinajstić information content (AvgIpc) is 3.47. The molecule has 0 aromatic rings. The van der Waals surface area contributed by atoms with Crippen molar-refractivity contribution in [3.05, 3.63) is 94.8 Å². The lowest BCUT2D eigenvalue weighted by Crippen LogP contribution is -2.56. The minimum atomic E-state index is -1.63. The molecule has 5 aliphatic rings. The molecule has 14 heteroatoms. The van der Waals surface area contributed by atoms with Crippen molar-refractivity contribution in [1.82, 2.24) is 0 Å². The zero-order valence-corrected chi connectivity index (χ0v) is 22.8. The summed E-state index contributed by atoms with van der Waals surface area (Å²) in [5, 5.41) is 19.0. The first-order valence-electron chi connectivity index (χ1n) is 13.2. The maximum atomic E-state index is 12.6. The van der Waals surface area contributed by atoms with E-state index < -0.39 is 53.1 Å². The van der Waals surface area contributed by atoms with Crippen LogP contribution in [0, 0.1) is 0 Å². The lowest BCUT2D eigenvalue weighted by atomic mass is 9.87. The van der Waals surface area contributed by atoms with Crippen LogP contribution in [0.25, 0.3) is 0 Å². The summed E-state index contributed by atoms with van der Waals surface area (Å²) in [4.78, 5) is 73.6. The Morgan fingerprint density at radius 1 is 0.523 bits per heavy atom. The van der Waals surface area contributed by atoms with E-state index in [1.807, 2.05) is 0 Å². The van der Waals surface area contributed by atoms with Gasteiger partial charge in [0.15, 0.2) is 6.61 Å². The summed E-state index contributed by atoms with van der Waals surface area (Å²) in [6.45, 7) is -0.464. The third kappa shape index (κ3) is 6.09. The molecular weight excluding hydrogens is 584 g/mol. The number of esters is 5. The van der Waals surface area contributed by atoms with Crippen LogP contribution in [-0.4, -0.2) is 70.6 Å². The highest BCUT2D eigenvalue weighted by Gasteiger charge is 2.56. The largest absolute Gasteiger partial charge is 0.508 e. The molecule has 0 aromatic carbocycles. The molecule has 5 rings (SSSR count). The highest BCUT2D eigenvalue weighted by molar-refractivity contribution is 6.16. The maximum Gasteiger partial charge on any atom is 0.348 e. The van der Waals surface area contributed by atoms with Gasteiger partial charge in [0.05, 0.1) is 0 Å². The average molecular weight is 609 g/mol. The van der Waals surface area contributed by atoms with Crippen LogP contribution < -0.4 is 0 Å². The van der Waals surface area contributed by atoms with E-state index in [4.69, 9.17) is 23.7 Å². The molecule has 2 saturated heterocycles. The number of carbonyl (C=O) groups excluding carboxylic acids is 6. The number of aliphatic hydroxyl groups excluding tert-OH is 2. The Labute approximate surface area is 248 Å². The predicted molar refractivity (Wildman–Crippen MR) is 142 cm³/mol. The first-order chi connectivity index (χ1) is 21.0. The molecule has 2 spiro atoms. The molecule has 44 heavy (non-hydrogen) atoms. The summed E-state index contributed by atoms with van der Waals surface area (Å²) in [5.74, 6) is -8.79. The number of Topliss-reactive ketones (excluding diaryl/α,β-unsaturated/α-hetero) is 1. The van der Waals surface area contributed by atoms with Crippen LogP contribution in [0.1, 0.15) is 25.7 Å². The Morgan fingerprint density at radius 2 is 0.977 bits per heavy atom. The van der Waals surface area contributed by atoms with E-state index in [-0.39, 0.29) is 66.9 Å². The van der Waals surface area contributed by atoms with Gasteiger partial charge in [0, 0.05) is 25.7 Å². The summed E-state index contributed by atoms with van der Waals surface area (Å²) >= 11 is 0. The number of allylic oxidation sites excluding steroid dienone is 9. The normalized spacial score (nSPS) is 27.6. The first kappa shape index (κ1) is 29.8. The zero-order chi connectivity index (χ0) is 31.5. The zero-order valence-electron chi connectivity index (χ0n) is 22.8. The Morgan fingerprint density at radius 3 is 1.36 bits per heavy atom. The molecule has 1 aliphatic carbocycles. The predicted octanol–water partition coefficient (Wildman–Crippen LogP) is 1.97. The van der Waals surface area contributed by atoms with Crippen LogP contribution >= 0.6 is 0 Å². The minimum Gasteiger partial charge on any atom is -0.508 e. The van der Waals surface area contributed by atoms with Gasteiger partial charge in [-0.15, -0.1) is 0 Å². The molecule has 228 valence electrons. The highest BCUT2D eigenvalue weighted by atomic mass is 16.8. The monoisotopic (exact) mass is 608 g/mol. The fourth-order valence-corrected chi connectivity index (χ4v) is 4.68. The number of hydrogen-bond acceptors (Lipinski definition) is 14. The lowest BCUT2D eigenvalue weighted by molar-refractivity contribution is -0.291. The van der Waals surface area contributed by atoms with E-state index in [2.05, 4.69) is 4.74 Å². The number of hydrogen-bond donors (Lipinski definition) is 2. The molecule has 1 saturated carbocycles. The Balaban J connectivity index is 1.15. The van der Waals surface area contributed by atoms with E-state index >= 15 is 0 Å². The summed E-state index contributed by atoms with van der Waals surface area (Å²) in [6, 6.07) is 0. The van der Waals surface area contributed by atoms with Gasteiger partial charge in [-0.2, -0.15) is 0 Å². The molecule has 0 radical (unpaired) electrons. The minimum absolute atomic E-state index is 0.00639. The van der Waals surface area contributed by atoms with E-state index in [1.165, 1.54) is 60.8 Å². The van der Waals surface area contributed by atoms with E-state index in [0.717, 1.165) is 0 Å². The third-order valence-electron chi connectivity index (χ3n) is 7.01. The van der Waals surface area contributed by atoms with Gasteiger partial charge in [-0.05, 0) is 24.3 Å². The molecule has 4 heterocycles. The highest BCUT2D eigenvalue weighted by Crippen LogP contribution is 2.45. The summed E-state index contributed by atoms with van der Waals surface area (Å²) < 4.78 is 31.1. The molecule has 0 bridgehead atoms. The van der Waals surface area contributed by atoms with Crippen molar-refractivity contribution in [2.45, 2.75) is 37.3 Å². The van der Waals surface area contributed by atoms with Crippen molar-refractivity contribution < 1.29 is 67.4 Å². The van der Waals surface area contributed by atoms with Gasteiger partial charge in [0.25, 0.3) is 17.5 Å². The smallest absolute Gasteiger partial charge is 0.348 e.